The third kappa shape index (κ3) is 5.60. The number of guanidine groups is 1. The minimum atomic E-state index is -4.39. The monoisotopic (exact) mass is 288 g/mol. The van der Waals surface area contributed by atoms with E-state index in [9.17, 15) is 13.2 Å². The van der Waals surface area contributed by atoms with Gasteiger partial charge in [-0.05, 0) is 13.3 Å². The normalized spacial score (nSPS) is 13.8. The number of aliphatic imine (C=N–C) groups is 1. The zero-order valence-corrected chi connectivity index (χ0v) is 10.9. The summed E-state index contributed by atoms with van der Waals surface area (Å²) in [4.78, 5) is 3.16. The maximum atomic E-state index is 11.9. The van der Waals surface area contributed by atoms with E-state index in [1.807, 2.05) is 13.0 Å². The lowest BCUT2D eigenvalue weighted by molar-refractivity contribution is -0.118. The van der Waals surface area contributed by atoms with Crippen LogP contribution in [0.2, 0.25) is 0 Å². The Morgan fingerprint density at radius 3 is 2.95 bits per heavy atom. The molecule has 1 heterocycles. The third-order valence-electron chi connectivity index (χ3n) is 2.42. The molecule has 0 saturated heterocycles. The standard InChI is InChI=1S/C11H15F3N6/c1-8(3-2-5-15)20-6-4-9(19-20)18-10(16)17-7-11(12,13)14/h4,6,8H,2-3,7H2,1H3,(H3,16,17,18,19). The average Bonchev–Trinajstić information content (AvgIpc) is 2.81. The van der Waals surface area contributed by atoms with Crippen LogP contribution in [-0.4, -0.2) is 28.5 Å². The van der Waals surface area contributed by atoms with Crippen molar-refractivity contribution in [3.05, 3.63) is 12.3 Å². The van der Waals surface area contributed by atoms with Crippen LogP contribution in [-0.2, 0) is 0 Å². The van der Waals surface area contributed by atoms with Crippen molar-refractivity contribution in [1.82, 2.24) is 9.78 Å². The second-order valence-corrected chi connectivity index (χ2v) is 4.17. The van der Waals surface area contributed by atoms with Gasteiger partial charge in [-0.3, -0.25) is 4.68 Å². The van der Waals surface area contributed by atoms with Gasteiger partial charge in [0.25, 0.3) is 0 Å². The highest BCUT2D eigenvalue weighted by molar-refractivity contribution is 5.91. The van der Waals surface area contributed by atoms with Crippen molar-refractivity contribution >= 4 is 11.8 Å². The second kappa shape index (κ2) is 6.79. The van der Waals surface area contributed by atoms with Gasteiger partial charge in [0.05, 0.1) is 12.1 Å². The van der Waals surface area contributed by atoms with Crippen molar-refractivity contribution in [1.29, 1.82) is 5.26 Å². The summed E-state index contributed by atoms with van der Waals surface area (Å²) in [5.74, 6) is -0.0468. The highest BCUT2D eigenvalue weighted by atomic mass is 19.4. The van der Waals surface area contributed by atoms with Gasteiger partial charge in [0, 0.05) is 18.7 Å². The molecule has 0 amide bonds. The maximum absolute atomic E-state index is 11.9. The lowest BCUT2D eigenvalue weighted by Crippen LogP contribution is -2.25. The quantitative estimate of drug-likeness (QED) is 0.640. The summed E-state index contributed by atoms with van der Waals surface area (Å²) in [6.07, 6.45) is -1.70. The number of nitrogens with one attached hydrogen (secondary N) is 1. The number of nitrogens with two attached hydrogens (primary N) is 1. The summed E-state index contributed by atoms with van der Waals surface area (Å²) in [7, 11) is 0. The Morgan fingerprint density at radius 2 is 2.35 bits per heavy atom. The molecule has 1 rings (SSSR count). The molecule has 9 heteroatoms. The largest absolute Gasteiger partial charge is 0.408 e. The molecule has 0 radical (unpaired) electrons. The van der Waals surface area contributed by atoms with E-state index in [-0.39, 0.29) is 12.0 Å². The highest BCUT2D eigenvalue weighted by Gasteiger charge is 2.26. The molecule has 6 nitrogen and oxygen atoms in total. The van der Waals surface area contributed by atoms with E-state index >= 15 is 0 Å². The molecule has 1 aromatic rings. The Labute approximate surface area is 114 Å². The topological polar surface area (TPSA) is 92.0 Å². The van der Waals surface area contributed by atoms with Crippen molar-refractivity contribution in [3.8, 4) is 6.07 Å². The molecule has 20 heavy (non-hydrogen) atoms. The molecule has 0 aliphatic rings. The number of hydrogen-bond acceptors (Lipinski definition) is 3. The van der Waals surface area contributed by atoms with Crippen LogP contribution in [0.4, 0.5) is 19.0 Å². The predicted molar refractivity (Wildman–Crippen MR) is 68.0 cm³/mol. The molecule has 0 bridgehead atoms. The Balaban J connectivity index is 2.58. The van der Waals surface area contributed by atoms with E-state index in [2.05, 4.69) is 15.4 Å². The van der Waals surface area contributed by atoms with E-state index < -0.39 is 12.7 Å². The molecule has 1 unspecified atom stereocenters. The zero-order chi connectivity index (χ0) is 15.2. The van der Waals surface area contributed by atoms with Crippen molar-refractivity contribution in [2.45, 2.75) is 32.0 Å². The highest BCUT2D eigenvalue weighted by Crippen LogP contribution is 2.15. The second-order valence-electron chi connectivity index (χ2n) is 4.17. The number of anilines is 1. The summed E-state index contributed by atoms with van der Waals surface area (Å²) >= 11 is 0. The molecule has 110 valence electrons. The Morgan fingerprint density at radius 1 is 1.65 bits per heavy atom. The molecule has 0 aromatic carbocycles. The minimum absolute atomic E-state index is 0.0125. The fourth-order valence-electron chi connectivity index (χ4n) is 1.40. The van der Waals surface area contributed by atoms with E-state index in [0.717, 1.165) is 0 Å². The molecule has 0 aliphatic carbocycles. The first-order chi connectivity index (χ1) is 9.31. The number of alkyl halides is 3. The fraction of sp³-hybridized carbons (Fsp3) is 0.545. The SMILES string of the molecule is CC(CCC#N)n1ccc(NC(N)=NCC(F)(F)F)n1. The summed E-state index contributed by atoms with van der Waals surface area (Å²) in [6, 6.07) is 3.62. The third-order valence-corrected chi connectivity index (χ3v) is 2.42. The van der Waals surface area contributed by atoms with E-state index in [4.69, 9.17) is 11.0 Å². The number of rotatable bonds is 5. The van der Waals surface area contributed by atoms with Gasteiger partial charge in [-0.2, -0.15) is 23.5 Å². The van der Waals surface area contributed by atoms with Gasteiger partial charge in [-0.25, -0.2) is 4.99 Å². The maximum Gasteiger partial charge on any atom is 0.408 e. The molecular formula is C11H15F3N6. The lowest BCUT2D eigenvalue weighted by atomic mass is 10.2. The predicted octanol–water partition coefficient (Wildman–Crippen LogP) is 2.04. The number of nitrogens with zero attached hydrogens (tertiary/aromatic N) is 4. The van der Waals surface area contributed by atoms with Gasteiger partial charge in [-0.15, -0.1) is 0 Å². The lowest BCUT2D eigenvalue weighted by Gasteiger charge is -2.09. The van der Waals surface area contributed by atoms with Crippen LogP contribution in [0.5, 0.6) is 0 Å². The van der Waals surface area contributed by atoms with Crippen LogP contribution < -0.4 is 11.1 Å². The summed E-state index contributed by atoms with van der Waals surface area (Å²) in [5.41, 5.74) is 5.33. The molecular weight excluding hydrogens is 273 g/mol. The minimum Gasteiger partial charge on any atom is -0.370 e. The molecule has 0 saturated carbocycles. The number of nitriles is 1. The van der Waals surface area contributed by atoms with E-state index in [0.29, 0.717) is 18.7 Å². The van der Waals surface area contributed by atoms with Crippen molar-refractivity contribution in [2.75, 3.05) is 11.9 Å². The zero-order valence-electron chi connectivity index (χ0n) is 10.9. The van der Waals surface area contributed by atoms with Gasteiger partial charge in [-0.1, -0.05) is 0 Å². The van der Waals surface area contributed by atoms with Crippen molar-refractivity contribution in [3.63, 3.8) is 0 Å². The number of hydrogen-bond donors (Lipinski definition) is 2. The number of halogens is 3. The van der Waals surface area contributed by atoms with Crippen LogP contribution >= 0.6 is 0 Å². The summed E-state index contributed by atoms with van der Waals surface area (Å²) in [6.45, 7) is 0.542. The Hall–Kier alpha value is -2.24. The van der Waals surface area contributed by atoms with Crippen LogP contribution in [0.25, 0.3) is 0 Å². The molecule has 1 atom stereocenters. The van der Waals surface area contributed by atoms with E-state index in [1.54, 1.807) is 16.9 Å². The Bertz CT molecular complexity index is 499. The van der Waals surface area contributed by atoms with Gasteiger partial charge in [0.1, 0.15) is 6.54 Å². The van der Waals surface area contributed by atoms with Crippen molar-refractivity contribution in [2.24, 2.45) is 10.7 Å². The molecule has 1 aromatic heterocycles. The van der Waals surface area contributed by atoms with E-state index in [1.165, 1.54) is 0 Å². The van der Waals surface area contributed by atoms with Gasteiger partial charge in [0.2, 0.25) is 0 Å². The summed E-state index contributed by atoms with van der Waals surface area (Å²) < 4.78 is 37.4. The molecule has 0 aliphatic heterocycles. The number of aromatic nitrogens is 2. The van der Waals surface area contributed by atoms with Crippen LogP contribution in [0.1, 0.15) is 25.8 Å². The van der Waals surface area contributed by atoms with Crippen molar-refractivity contribution < 1.29 is 13.2 Å². The van der Waals surface area contributed by atoms with Crippen LogP contribution in [0.15, 0.2) is 17.3 Å². The van der Waals surface area contributed by atoms with Gasteiger partial charge in [0.15, 0.2) is 11.8 Å². The van der Waals surface area contributed by atoms with Crippen LogP contribution in [0, 0.1) is 11.3 Å². The first-order valence-corrected chi connectivity index (χ1v) is 5.87. The molecule has 0 spiro atoms. The van der Waals surface area contributed by atoms with Crippen LogP contribution in [0.3, 0.4) is 0 Å². The van der Waals surface area contributed by atoms with Gasteiger partial charge < -0.3 is 11.1 Å². The molecule has 0 fully saturated rings. The Kier molecular flexibility index (Phi) is 5.37. The fourth-order valence-corrected chi connectivity index (χ4v) is 1.40. The molecule has 3 N–H and O–H groups in total. The first-order valence-electron chi connectivity index (χ1n) is 5.87. The summed E-state index contributed by atoms with van der Waals surface area (Å²) in [5, 5.41) is 15.1. The first kappa shape index (κ1) is 15.8. The van der Waals surface area contributed by atoms with Gasteiger partial charge >= 0.3 is 6.18 Å². The average molecular weight is 288 g/mol. The smallest absolute Gasteiger partial charge is 0.370 e.